The van der Waals surface area contributed by atoms with Gasteiger partial charge in [0.05, 0.1) is 34.4 Å². The van der Waals surface area contributed by atoms with Gasteiger partial charge in [-0.25, -0.2) is 4.79 Å². The van der Waals surface area contributed by atoms with Crippen LogP contribution in [-0.4, -0.2) is 87.4 Å². The lowest BCUT2D eigenvalue weighted by atomic mass is 10.0. The molecule has 0 aromatic carbocycles. The number of likely N-dealkylation sites (N-methyl/N-ethyl adjacent to an activating group) is 1. The molecule has 0 aliphatic rings. The zero-order valence-electron chi connectivity index (χ0n) is 61.0. The van der Waals surface area contributed by atoms with Crippen molar-refractivity contribution in [3.8, 4) is 0 Å². The van der Waals surface area contributed by atoms with E-state index in [1.807, 2.05) is 21.1 Å². The van der Waals surface area contributed by atoms with Crippen LogP contribution in [0.3, 0.4) is 0 Å². The van der Waals surface area contributed by atoms with Crippen LogP contribution in [0.1, 0.15) is 271 Å². The SMILES string of the molecule is CC/C=C\C/C=C\C/C=C\C/C=C\C/C=C\C/C=C\C/C=C\C/C=C\C/C=C\C/C=C\C/C=C\C/C=C\CCCCC(=O)OC(COC(=O)CCCCCCCCCCCCCCCCCCCC/C=C\C/C=C\C/C=C\C/C=C\CC)COC(OCC[N+](C)(C)C)C(=O)O. The first-order chi connectivity index (χ1) is 46.6. The van der Waals surface area contributed by atoms with Crippen LogP contribution in [0.5, 0.6) is 0 Å². The predicted molar refractivity (Wildman–Crippen MR) is 409 cm³/mol. The van der Waals surface area contributed by atoms with Gasteiger partial charge in [0.2, 0.25) is 0 Å². The molecule has 95 heavy (non-hydrogen) atoms. The van der Waals surface area contributed by atoms with Crippen molar-refractivity contribution in [1.29, 1.82) is 0 Å². The molecule has 0 aliphatic heterocycles. The van der Waals surface area contributed by atoms with E-state index in [2.05, 4.69) is 208 Å². The molecule has 0 fully saturated rings. The lowest BCUT2D eigenvalue weighted by molar-refractivity contribution is -0.870. The van der Waals surface area contributed by atoms with Gasteiger partial charge in [-0.1, -0.05) is 311 Å². The van der Waals surface area contributed by atoms with Gasteiger partial charge >= 0.3 is 17.9 Å². The van der Waals surface area contributed by atoms with E-state index in [1.165, 1.54) is 103 Å². The molecule has 0 heterocycles. The average Bonchev–Trinajstić information content (AvgIpc) is 2.92. The van der Waals surface area contributed by atoms with Gasteiger partial charge < -0.3 is 28.5 Å². The second-order valence-electron chi connectivity index (χ2n) is 25.5. The minimum atomic E-state index is -1.54. The zero-order valence-corrected chi connectivity index (χ0v) is 61.0. The molecule has 9 heteroatoms. The number of carbonyl (C=O) groups is 3. The van der Waals surface area contributed by atoms with Crippen LogP contribution in [-0.2, 0) is 33.3 Å². The lowest BCUT2D eigenvalue weighted by Crippen LogP contribution is -2.40. The van der Waals surface area contributed by atoms with E-state index in [0.717, 1.165) is 135 Å². The van der Waals surface area contributed by atoms with E-state index in [1.54, 1.807) is 0 Å². The van der Waals surface area contributed by atoms with Gasteiger partial charge in [0, 0.05) is 12.8 Å². The van der Waals surface area contributed by atoms with Crippen molar-refractivity contribution in [3.63, 3.8) is 0 Å². The molecule has 0 saturated heterocycles. The number of esters is 2. The number of carboxylic acids is 1. The Morgan fingerprint density at radius 1 is 0.316 bits per heavy atom. The van der Waals surface area contributed by atoms with Crippen molar-refractivity contribution >= 4 is 17.9 Å². The van der Waals surface area contributed by atoms with E-state index < -0.39 is 24.3 Å². The summed E-state index contributed by atoms with van der Waals surface area (Å²) in [5.74, 6) is -2.08. The fourth-order valence-electron chi connectivity index (χ4n) is 9.69. The van der Waals surface area contributed by atoms with E-state index in [9.17, 15) is 19.5 Å². The molecule has 534 valence electrons. The van der Waals surface area contributed by atoms with Crippen molar-refractivity contribution in [2.24, 2.45) is 0 Å². The van der Waals surface area contributed by atoms with Crippen LogP contribution in [0.15, 0.2) is 194 Å². The topological polar surface area (TPSA) is 108 Å². The summed E-state index contributed by atoms with van der Waals surface area (Å²) >= 11 is 0. The largest absolute Gasteiger partial charge is 0.477 e. The molecule has 2 unspecified atom stereocenters. The number of nitrogens with zero attached hydrogens (tertiary/aromatic N) is 1. The Labute approximate surface area is 582 Å². The summed E-state index contributed by atoms with van der Waals surface area (Å²) in [6, 6.07) is 0. The number of unbranched alkanes of at least 4 members (excludes halogenated alkanes) is 20. The number of hydrogen-bond donors (Lipinski definition) is 1. The van der Waals surface area contributed by atoms with Crippen LogP contribution in [0, 0.1) is 0 Å². The van der Waals surface area contributed by atoms with Gasteiger partial charge in [-0.05, 0) is 141 Å². The molecule has 0 aromatic heterocycles. The van der Waals surface area contributed by atoms with Crippen LogP contribution in [0.25, 0.3) is 0 Å². The van der Waals surface area contributed by atoms with Crippen molar-refractivity contribution < 1.29 is 42.9 Å². The Kier molecular flexibility index (Phi) is 69.4. The number of ether oxygens (including phenoxy) is 4. The molecular weight excluding hydrogens is 1170 g/mol. The second kappa shape index (κ2) is 73.9. The highest BCUT2D eigenvalue weighted by molar-refractivity contribution is 5.71. The van der Waals surface area contributed by atoms with Gasteiger partial charge in [-0.2, -0.15) is 0 Å². The third-order valence-corrected chi connectivity index (χ3v) is 15.3. The van der Waals surface area contributed by atoms with Crippen LogP contribution >= 0.6 is 0 Å². The number of aliphatic carboxylic acids is 1. The molecule has 0 aliphatic carbocycles. The first-order valence-electron chi connectivity index (χ1n) is 37.6. The van der Waals surface area contributed by atoms with Gasteiger partial charge in [-0.3, -0.25) is 9.59 Å². The summed E-state index contributed by atoms with van der Waals surface area (Å²) in [5, 5.41) is 9.76. The Balaban J connectivity index is 4.22. The molecule has 0 radical (unpaired) electrons. The maximum atomic E-state index is 12.9. The highest BCUT2D eigenvalue weighted by Gasteiger charge is 2.25. The fraction of sp³-hybridized carbons (Fsp3) is 0.593. The molecule has 0 amide bonds. The molecule has 0 rings (SSSR count). The summed E-state index contributed by atoms with van der Waals surface area (Å²) in [5.41, 5.74) is 0. The summed E-state index contributed by atoms with van der Waals surface area (Å²) in [6.45, 7) is 4.59. The van der Waals surface area contributed by atoms with Crippen LogP contribution in [0.4, 0.5) is 0 Å². The van der Waals surface area contributed by atoms with Gasteiger partial charge in [-0.15, -0.1) is 0 Å². The third kappa shape index (κ3) is 75.4. The highest BCUT2D eigenvalue weighted by Crippen LogP contribution is 2.16. The maximum absolute atomic E-state index is 12.9. The normalized spacial score (nSPS) is 13.8. The van der Waals surface area contributed by atoms with Crippen molar-refractivity contribution in [3.05, 3.63) is 194 Å². The molecule has 0 spiro atoms. The molecule has 0 saturated carbocycles. The average molecular weight is 1310 g/mol. The minimum absolute atomic E-state index is 0.170. The first-order valence-corrected chi connectivity index (χ1v) is 37.6. The number of allylic oxidation sites excluding steroid dienone is 32. The summed E-state index contributed by atoms with van der Waals surface area (Å²) in [4.78, 5) is 37.7. The highest BCUT2D eigenvalue weighted by atomic mass is 16.7. The van der Waals surface area contributed by atoms with Crippen LogP contribution < -0.4 is 0 Å². The van der Waals surface area contributed by atoms with Crippen LogP contribution in [0.2, 0.25) is 0 Å². The summed E-state index contributed by atoms with van der Waals surface area (Å²) < 4.78 is 22.9. The van der Waals surface area contributed by atoms with Crippen molar-refractivity contribution in [1.82, 2.24) is 0 Å². The van der Waals surface area contributed by atoms with Gasteiger partial charge in [0.15, 0.2) is 6.10 Å². The monoisotopic (exact) mass is 1310 g/mol. The van der Waals surface area contributed by atoms with E-state index in [0.29, 0.717) is 17.4 Å². The Hall–Kier alpha value is -5.87. The number of hydrogen-bond acceptors (Lipinski definition) is 7. The Bertz CT molecular complexity index is 2270. The Morgan fingerprint density at radius 3 is 0.863 bits per heavy atom. The van der Waals surface area contributed by atoms with E-state index in [-0.39, 0.29) is 38.6 Å². The minimum Gasteiger partial charge on any atom is -0.477 e. The molecule has 9 nitrogen and oxygen atoms in total. The maximum Gasteiger partial charge on any atom is 0.361 e. The third-order valence-electron chi connectivity index (χ3n) is 15.3. The van der Waals surface area contributed by atoms with Gasteiger partial charge in [0.1, 0.15) is 13.2 Å². The van der Waals surface area contributed by atoms with Crippen molar-refractivity contribution in [2.45, 2.75) is 283 Å². The van der Waals surface area contributed by atoms with E-state index in [4.69, 9.17) is 18.9 Å². The molecule has 0 bridgehead atoms. The quantitative estimate of drug-likeness (QED) is 0.0211. The van der Waals surface area contributed by atoms with Gasteiger partial charge in [0.25, 0.3) is 6.29 Å². The summed E-state index contributed by atoms with van der Waals surface area (Å²) in [7, 11) is 5.95. The molecule has 2 atom stereocenters. The number of carboxylic acid groups (broad SMARTS) is 1. The fourth-order valence-corrected chi connectivity index (χ4v) is 9.69. The molecular formula is C86H138NO8+. The lowest BCUT2D eigenvalue weighted by Gasteiger charge is -2.25. The first kappa shape index (κ1) is 89.1. The predicted octanol–water partition coefficient (Wildman–Crippen LogP) is 24.1. The number of carbonyl (C=O) groups excluding carboxylic acids is 2. The molecule has 1 N–H and O–H groups in total. The number of quaternary nitrogens is 1. The molecule has 0 aromatic rings. The van der Waals surface area contributed by atoms with Crippen molar-refractivity contribution in [2.75, 3.05) is 47.5 Å². The standard InChI is InChI=1S/C86H137NO8/c1-6-8-10-12-14-16-18-20-22-24-26-28-30-32-34-36-38-39-40-41-42-43-44-45-47-49-51-53-55-57-59-61-63-65-67-69-71-73-75-77-84(89)95-82(81-94-86(85(90)91)92-79-78-87(3,4)5)80-93-83(88)76-74-72-70-68-66-64-62-60-58-56-54-52-50-48-46-37-35-33-31-29-27-25-23-21-19-17-15-13-11-9-7-2/h8-11,14-17,20-23,26-29,32,34,38-39,41-42,44-45,49,51,55,57,61,63,67,69,82,86H,6-7,12-13,18-19,24-25,30-31,33,35-37,40,43,46-48,50,52-54,56,58-60,62,64-66,68,70-81H2,1-5H3/p+1/b10-8-,11-9-,16-14-,17-15-,22-20-,23-21-,28-26-,29-27-,34-32-,39-38-,42-41-,45-44-,51-49-,57-55-,63-61-,69-67-. The summed E-state index contributed by atoms with van der Waals surface area (Å²) in [6.07, 6.45) is 111. The smallest absolute Gasteiger partial charge is 0.361 e. The Morgan fingerprint density at radius 2 is 0.568 bits per heavy atom. The van der Waals surface area contributed by atoms with E-state index >= 15 is 0 Å². The number of rotatable bonds is 67. The second-order valence-corrected chi connectivity index (χ2v) is 25.5. The zero-order chi connectivity index (χ0) is 69.0.